The third-order valence-electron chi connectivity index (χ3n) is 2.21. The van der Waals surface area contributed by atoms with Gasteiger partial charge in [-0.2, -0.15) is 0 Å². The standard InChI is InChI=1S/C10H19N/c1-6-8(3)10(7-2)9(4)11-5/h7-8H,6H2,1-5H3/b10-7-,11-9?. The Morgan fingerprint density at radius 1 is 1.55 bits per heavy atom. The van der Waals surface area contributed by atoms with Gasteiger partial charge < -0.3 is 0 Å². The van der Waals surface area contributed by atoms with Crippen molar-refractivity contribution in [2.75, 3.05) is 7.05 Å². The number of hydrogen-bond donors (Lipinski definition) is 0. The van der Waals surface area contributed by atoms with Crippen LogP contribution < -0.4 is 0 Å². The Hall–Kier alpha value is -0.590. The minimum atomic E-state index is 0.642. The summed E-state index contributed by atoms with van der Waals surface area (Å²) in [5.74, 6) is 0.642. The van der Waals surface area contributed by atoms with Crippen molar-refractivity contribution in [3.05, 3.63) is 11.6 Å². The molecule has 0 bridgehead atoms. The van der Waals surface area contributed by atoms with Crippen molar-refractivity contribution in [2.45, 2.75) is 34.1 Å². The van der Waals surface area contributed by atoms with E-state index in [1.807, 2.05) is 7.05 Å². The van der Waals surface area contributed by atoms with Gasteiger partial charge >= 0.3 is 0 Å². The first-order valence-electron chi connectivity index (χ1n) is 4.27. The lowest BCUT2D eigenvalue weighted by Crippen LogP contribution is -2.06. The van der Waals surface area contributed by atoms with Crippen LogP contribution in [0.1, 0.15) is 34.1 Å². The van der Waals surface area contributed by atoms with Crippen molar-refractivity contribution in [2.24, 2.45) is 10.9 Å². The van der Waals surface area contributed by atoms with E-state index < -0.39 is 0 Å². The molecule has 0 amide bonds. The molecule has 0 aliphatic heterocycles. The molecular formula is C10H19N. The molecule has 0 radical (unpaired) electrons. The van der Waals surface area contributed by atoms with Gasteiger partial charge in [-0.15, -0.1) is 0 Å². The number of aliphatic imine (C=N–C) groups is 1. The number of hydrogen-bond acceptors (Lipinski definition) is 1. The van der Waals surface area contributed by atoms with E-state index in [2.05, 4.69) is 38.8 Å². The van der Waals surface area contributed by atoms with E-state index in [1.165, 1.54) is 17.7 Å². The third-order valence-corrected chi connectivity index (χ3v) is 2.21. The average molecular weight is 153 g/mol. The predicted molar refractivity (Wildman–Crippen MR) is 52.2 cm³/mol. The molecule has 1 atom stereocenters. The number of rotatable bonds is 3. The van der Waals surface area contributed by atoms with E-state index in [0.717, 1.165) is 0 Å². The molecule has 0 saturated heterocycles. The fraction of sp³-hybridized carbons (Fsp3) is 0.700. The topological polar surface area (TPSA) is 12.4 Å². The highest BCUT2D eigenvalue weighted by atomic mass is 14.7. The Bertz CT molecular complexity index is 166. The van der Waals surface area contributed by atoms with Crippen LogP contribution in [-0.2, 0) is 0 Å². The van der Waals surface area contributed by atoms with Crippen molar-refractivity contribution in [3.63, 3.8) is 0 Å². The summed E-state index contributed by atoms with van der Waals surface area (Å²) in [7, 11) is 1.85. The smallest absolute Gasteiger partial charge is 0.0345 e. The Morgan fingerprint density at radius 3 is 2.36 bits per heavy atom. The first-order valence-corrected chi connectivity index (χ1v) is 4.27. The highest BCUT2D eigenvalue weighted by molar-refractivity contribution is 5.98. The van der Waals surface area contributed by atoms with Crippen molar-refractivity contribution < 1.29 is 0 Å². The molecule has 0 spiro atoms. The molecule has 0 N–H and O–H groups in total. The molecule has 1 unspecified atom stereocenters. The maximum atomic E-state index is 4.18. The van der Waals surface area contributed by atoms with Crippen LogP contribution in [-0.4, -0.2) is 12.8 Å². The zero-order valence-electron chi connectivity index (χ0n) is 8.31. The zero-order chi connectivity index (χ0) is 8.85. The van der Waals surface area contributed by atoms with Crippen LogP contribution in [0.15, 0.2) is 16.6 Å². The van der Waals surface area contributed by atoms with Crippen molar-refractivity contribution in [1.82, 2.24) is 0 Å². The molecule has 64 valence electrons. The molecule has 0 aliphatic carbocycles. The number of nitrogens with zero attached hydrogens (tertiary/aromatic N) is 1. The van der Waals surface area contributed by atoms with Crippen LogP contribution in [0.2, 0.25) is 0 Å². The van der Waals surface area contributed by atoms with Gasteiger partial charge in [-0.05, 0) is 31.8 Å². The van der Waals surface area contributed by atoms with E-state index in [1.54, 1.807) is 0 Å². The molecule has 0 rings (SSSR count). The molecule has 11 heavy (non-hydrogen) atoms. The van der Waals surface area contributed by atoms with Crippen LogP contribution in [0.4, 0.5) is 0 Å². The van der Waals surface area contributed by atoms with Gasteiger partial charge in [0.25, 0.3) is 0 Å². The van der Waals surface area contributed by atoms with E-state index in [4.69, 9.17) is 0 Å². The summed E-state index contributed by atoms with van der Waals surface area (Å²) < 4.78 is 0. The fourth-order valence-corrected chi connectivity index (χ4v) is 1.20. The van der Waals surface area contributed by atoms with Gasteiger partial charge in [-0.3, -0.25) is 4.99 Å². The monoisotopic (exact) mass is 153 g/mol. The van der Waals surface area contributed by atoms with Crippen molar-refractivity contribution >= 4 is 5.71 Å². The van der Waals surface area contributed by atoms with Gasteiger partial charge in [-0.25, -0.2) is 0 Å². The van der Waals surface area contributed by atoms with Gasteiger partial charge in [0.2, 0.25) is 0 Å². The Labute approximate surface area is 70.2 Å². The summed E-state index contributed by atoms with van der Waals surface area (Å²) in [6.45, 7) is 8.60. The first-order chi connectivity index (χ1) is 5.17. The second-order valence-corrected chi connectivity index (χ2v) is 2.86. The predicted octanol–water partition coefficient (Wildman–Crippen LogP) is 3.07. The number of allylic oxidation sites excluding steroid dienone is 2. The quantitative estimate of drug-likeness (QED) is 0.552. The summed E-state index contributed by atoms with van der Waals surface area (Å²) in [6.07, 6.45) is 3.35. The van der Waals surface area contributed by atoms with Crippen molar-refractivity contribution in [3.8, 4) is 0 Å². The zero-order valence-corrected chi connectivity index (χ0v) is 8.31. The minimum Gasteiger partial charge on any atom is -0.293 e. The summed E-state index contributed by atoms with van der Waals surface area (Å²) >= 11 is 0. The minimum absolute atomic E-state index is 0.642. The van der Waals surface area contributed by atoms with Crippen LogP contribution in [0.3, 0.4) is 0 Å². The van der Waals surface area contributed by atoms with Crippen molar-refractivity contribution in [1.29, 1.82) is 0 Å². The lowest BCUT2D eigenvalue weighted by molar-refractivity contribution is 0.676. The summed E-state index contributed by atoms with van der Waals surface area (Å²) in [5.41, 5.74) is 2.55. The Morgan fingerprint density at radius 2 is 2.09 bits per heavy atom. The second kappa shape index (κ2) is 5.11. The summed E-state index contributed by atoms with van der Waals surface area (Å²) in [4.78, 5) is 4.18. The average Bonchev–Trinajstić information content (AvgIpc) is 2.05. The highest BCUT2D eigenvalue weighted by Crippen LogP contribution is 2.15. The van der Waals surface area contributed by atoms with Crippen LogP contribution in [0.5, 0.6) is 0 Å². The maximum absolute atomic E-state index is 4.18. The van der Waals surface area contributed by atoms with Gasteiger partial charge in [-0.1, -0.05) is 19.9 Å². The molecule has 0 heterocycles. The molecule has 1 nitrogen and oxygen atoms in total. The Balaban J connectivity index is 4.43. The highest BCUT2D eigenvalue weighted by Gasteiger charge is 2.06. The summed E-state index contributed by atoms with van der Waals surface area (Å²) in [6, 6.07) is 0. The van der Waals surface area contributed by atoms with E-state index in [9.17, 15) is 0 Å². The molecule has 0 aromatic rings. The van der Waals surface area contributed by atoms with E-state index in [-0.39, 0.29) is 0 Å². The molecule has 0 fully saturated rings. The van der Waals surface area contributed by atoms with Gasteiger partial charge in [0.1, 0.15) is 0 Å². The summed E-state index contributed by atoms with van der Waals surface area (Å²) in [5, 5.41) is 0. The SMILES string of the molecule is C/C=C(\C(C)=NC)C(C)CC. The van der Waals surface area contributed by atoms with E-state index >= 15 is 0 Å². The van der Waals surface area contributed by atoms with Gasteiger partial charge in [0.05, 0.1) is 0 Å². The molecule has 0 aromatic heterocycles. The van der Waals surface area contributed by atoms with Crippen LogP contribution in [0.25, 0.3) is 0 Å². The largest absolute Gasteiger partial charge is 0.293 e. The van der Waals surface area contributed by atoms with Crippen LogP contribution >= 0.6 is 0 Å². The van der Waals surface area contributed by atoms with Gasteiger partial charge in [0, 0.05) is 12.8 Å². The lowest BCUT2D eigenvalue weighted by Gasteiger charge is -2.12. The normalized spacial score (nSPS) is 16.8. The van der Waals surface area contributed by atoms with Crippen LogP contribution in [0, 0.1) is 5.92 Å². The van der Waals surface area contributed by atoms with E-state index in [0.29, 0.717) is 5.92 Å². The van der Waals surface area contributed by atoms with Gasteiger partial charge in [0.15, 0.2) is 0 Å². The molecule has 0 aromatic carbocycles. The Kier molecular flexibility index (Phi) is 4.84. The second-order valence-electron chi connectivity index (χ2n) is 2.86. The lowest BCUT2D eigenvalue weighted by atomic mass is 9.95. The first kappa shape index (κ1) is 10.4. The molecular weight excluding hydrogens is 134 g/mol. The molecule has 0 saturated carbocycles. The maximum Gasteiger partial charge on any atom is 0.0345 e. The molecule has 1 heteroatoms. The third kappa shape index (κ3) is 2.87. The fourth-order valence-electron chi connectivity index (χ4n) is 1.20. The molecule has 0 aliphatic rings.